The van der Waals surface area contributed by atoms with Crippen molar-refractivity contribution < 1.29 is 29.0 Å². The Labute approximate surface area is 81.4 Å². The number of rotatable bonds is 3. The van der Waals surface area contributed by atoms with E-state index in [0.29, 0.717) is 0 Å². The predicted octanol–water partition coefficient (Wildman–Crippen LogP) is 3.88. The number of hydrogen-bond acceptors (Lipinski definition) is 2. The SMILES string of the molecule is O=COc1cccc(S(F)(F)(F)(F)F)c1. The molecule has 2 nitrogen and oxygen atoms in total. The van der Waals surface area contributed by atoms with Crippen LogP contribution < -0.4 is 4.74 Å². The van der Waals surface area contributed by atoms with Gasteiger partial charge >= 0.3 is 10.2 Å². The minimum Gasteiger partial charge on any atom is -0.429 e. The van der Waals surface area contributed by atoms with Crippen LogP contribution in [0, 0.1) is 0 Å². The molecule has 0 aromatic heterocycles. The monoisotopic (exact) mass is 248 g/mol. The minimum absolute atomic E-state index is 0.0793. The van der Waals surface area contributed by atoms with Gasteiger partial charge in [-0.15, -0.1) is 0 Å². The van der Waals surface area contributed by atoms with E-state index in [1.165, 1.54) is 0 Å². The van der Waals surface area contributed by atoms with Crippen molar-refractivity contribution in [1.82, 2.24) is 0 Å². The zero-order valence-electron chi connectivity index (χ0n) is 7.00. The summed E-state index contributed by atoms with van der Waals surface area (Å²) in [7, 11) is -9.69. The molecule has 0 bridgehead atoms. The zero-order valence-corrected chi connectivity index (χ0v) is 7.82. The average Bonchev–Trinajstić information content (AvgIpc) is 2.01. The third kappa shape index (κ3) is 3.08. The molecular formula is C7H5F5O2S. The van der Waals surface area contributed by atoms with Gasteiger partial charge in [-0.2, -0.15) is 0 Å². The van der Waals surface area contributed by atoms with Gasteiger partial charge in [0.15, 0.2) is 0 Å². The van der Waals surface area contributed by atoms with Crippen molar-refractivity contribution >= 4 is 16.7 Å². The Morgan fingerprint density at radius 1 is 1.13 bits per heavy atom. The summed E-state index contributed by atoms with van der Waals surface area (Å²) in [6, 6.07) is 1.99. The summed E-state index contributed by atoms with van der Waals surface area (Å²) in [6.07, 6.45) is 0. The lowest BCUT2D eigenvalue weighted by Crippen LogP contribution is -2.06. The number of hydrogen-bond donors (Lipinski definition) is 0. The van der Waals surface area contributed by atoms with Crippen LogP contribution in [0.3, 0.4) is 0 Å². The van der Waals surface area contributed by atoms with Crippen LogP contribution in [0.2, 0.25) is 0 Å². The fraction of sp³-hybridized carbons (Fsp3) is 0. The largest absolute Gasteiger partial charge is 0.429 e. The van der Waals surface area contributed by atoms with Gasteiger partial charge in [-0.1, -0.05) is 25.5 Å². The van der Waals surface area contributed by atoms with Gasteiger partial charge in [0, 0.05) is 6.07 Å². The highest BCUT2D eigenvalue weighted by Gasteiger charge is 2.65. The molecule has 0 spiro atoms. The zero-order chi connectivity index (χ0) is 11.8. The summed E-state index contributed by atoms with van der Waals surface area (Å²) in [4.78, 5) is 7.72. The van der Waals surface area contributed by atoms with Crippen LogP contribution in [0.15, 0.2) is 29.2 Å². The van der Waals surface area contributed by atoms with Crippen molar-refractivity contribution in [2.75, 3.05) is 0 Å². The topological polar surface area (TPSA) is 26.3 Å². The second-order valence-corrected chi connectivity index (χ2v) is 5.07. The third-order valence-electron chi connectivity index (χ3n) is 1.44. The van der Waals surface area contributed by atoms with Crippen LogP contribution in [0.5, 0.6) is 5.75 Å². The van der Waals surface area contributed by atoms with E-state index in [1.807, 2.05) is 0 Å². The number of benzene rings is 1. The maximum atomic E-state index is 12.2. The van der Waals surface area contributed by atoms with E-state index in [0.717, 1.165) is 12.1 Å². The van der Waals surface area contributed by atoms with Crippen LogP contribution in [0.4, 0.5) is 19.4 Å². The minimum atomic E-state index is -9.69. The van der Waals surface area contributed by atoms with Crippen LogP contribution >= 0.6 is 10.2 Å². The Morgan fingerprint density at radius 3 is 2.20 bits per heavy atom. The average molecular weight is 248 g/mol. The molecule has 0 aliphatic heterocycles. The van der Waals surface area contributed by atoms with E-state index >= 15 is 0 Å². The molecule has 0 saturated carbocycles. The molecule has 0 radical (unpaired) electrons. The molecule has 0 aliphatic rings. The fourth-order valence-electron chi connectivity index (χ4n) is 0.843. The van der Waals surface area contributed by atoms with Gasteiger partial charge in [0.05, 0.1) is 0 Å². The quantitative estimate of drug-likeness (QED) is 0.599. The molecule has 0 atom stereocenters. The van der Waals surface area contributed by atoms with Crippen molar-refractivity contribution in [3.05, 3.63) is 24.3 Å². The number of halogens is 5. The Bertz CT molecular complexity index is 398. The lowest BCUT2D eigenvalue weighted by molar-refractivity contribution is -0.120. The van der Waals surface area contributed by atoms with Crippen LogP contribution in [0.25, 0.3) is 0 Å². The van der Waals surface area contributed by atoms with Gasteiger partial charge in [0.25, 0.3) is 6.47 Å². The molecule has 15 heavy (non-hydrogen) atoms. The number of carbonyl (C=O) groups excluding carboxylic acids is 1. The Balaban J connectivity index is 3.29. The predicted molar refractivity (Wildman–Crippen MR) is 44.5 cm³/mol. The molecule has 1 rings (SSSR count). The standard InChI is InChI=1S/C7H5F5O2S/c8-15(9,10,11,12)7-3-1-2-6(4-7)14-5-13/h1-5H. The van der Waals surface area contributed by atoms with Crippen molar-refractivity contribution in [3.63, 3.8) is 0 Å². The van der Waals surface area contributed by atoms with Crippen molar-refractivity contribution in [2.24, 2.45) is 0 Å². The van der Waals surface area contributed by atoms with Gasteiger partial charge in [0.2, 0.25) is 0 Å². The molecular weight excluding hydrogens is 243 g/mol. The Hall–Kier alpha value is -1.31. The second-order valence-electron chi connectivity index (χ2n) is 2.66. The first kappa shape index (κ1) is 11.8. The molecule has 0 aliphatic carbocycles. The van der Waals surface area contributed by atoms with Gasteiger partial charge in [0.1, 0.15) is 10.6 Å². The summed E-state index contributed by atoms with van der Waals surface area (Å²) in [6.45, 7) is -0.148. The van der Waals surface area contributed by atoms with Crippen molar-refractivity contribution in [2.45, 2.75) is 4.90 Å². The van der Waals surface area contributed by atoms with E-state index in [1.54, 1.807) is 0 Å². The first-order chi connectivity index (χ1) is 6.53. The van der Waals surface area contributed by atoms with E-state index in [9.17, 15) is 24.2 Å². The van der Waals surface area contributed by atoms with Crippen molar-refractivity contribution in [1.29, 1.82) is 0 Å². The van der Waals surface area contributed by atoms with E-state index in [-0.39, 0.29) is 18.6 Å². The van der Waals surface area contributed by atoms with Gasteiger partial charge < -0.3 is 4.74 Å². The normalized spacial score (nSPS) is 16.3. The van der Waals surface area contributed by atoms with Gasteiger partial charge in [-0.25, -0.2) is 0 Å². The van der Waals surface area contributed by atoms with E-state index in [2.05, 4.69) is 4.74 Å². The van der Waals surface area contributed by atoms with Gasteiger partial charge in [-0.05, 0) is 12.1 Å². The summed E-state index contributed by atoms with van der Waals surface area (Å²) in [5.74, 6) is -0.587. The highest BCUT2D eigenvalue weighted by atomic mass is 32.5. The number of ether oxygens (including phenoxy) is 1. The second kappa shape index (κ2) is 2.63. The van der Waals surface area contributed by atoms with Crippen LogP contribution in [-0.2, 0) is 4.79 Å². The molecule has 0 fully saturated rings. The lowest BCUT2D eigenvalue weighted by atomic mass is 10.3. The Kier molecular flexibility index (Phi) is 2.06. The molecule has 1 aromatic carbocycles. The van der Waals surface area contributed by atoms with Gasteiger partial charge in [-0.3, -0.25) is 4.79 Å². The summed E-state index contributed by atoms with van der Waals surface area (Å²) in [5.41, 5.74) is 0. The lowest BCUT2D eigenvalue weighted by Gasteiger charge is -2.40. The smallest absolute Gasteiger partial charge is 0.310 e. The molecule has 0 saturated heterocycles. The van der Waals surface area contributed by atoms with Crippen LogP contribution in [0.1, 0.15) is 0 Å². The highest BCUT2D eigenvalue weighted by molar-refractivity contribution is 8.45. The Morgan fingerprint density at radius 2 is 1.73 bits per heavy atom. The number of carbonyl (C=O) groups is 1. The maximum absolute atomic E-state index is 12.2. The van der Waals surface area contributed by atoms with E-state index in [4.69, 9.17) is 0 Å². The van der Waals surface area contributed by atoms with Crippen LogP contribution in [-0.4, -0.2) is 6.47 Å². The third-order valence-corrected chi connectivity index (χ3v) is 2.58. The summed E-state index contributed by atoms with van der Waals surface area (Å²) < 4.78 is 65.2. The molecule has 0 heterocycles. The molecule has 8 heteroatoms. The highest BCUT2D eigenvalue weighted by Crippen LogP contribution is 3.02. The molecule has 0 unspecified atom stereocenters. The fourth-order valence-corrected chi connectivity index (χ4v) is 1.52. The van der Waals surface area contributed by atoms with E-state index < -0.39 is 20.9 Å². The first-order valence-electron chi connectivity index (χ1n) is 3.47. The molecule has 1 aromatic rings. The first-order valence-corrected chi connectivity index (χ1v) is 5.42. The summed E-state index contributed by atoms with van der Waals surface area (Å²) in [5, 5.41) is 0. The summed E-state index contributed by atoms with van der Waals surface area (Å²) >= 11 is 0. The maximum Gasteiger partial charge on any atom is 0.310 e. The van der Waals surface area contributed by atoms with Crippen molar-refractivity contribution in [3.8, 4) is 5.75 Å². The molecule has 0 N–H and O–H groups in total. The molecule has 0 amide bonds. The molecule has 86 valence electrons.